The summed E-state index contributed by atoms with van der Waals surface area (Å²) in [6, 6.07) is 3.25. The van der Waals surface area contributed by atoms with Gasteiger partial charge in [-0.05, 0) is 19.9 Å². The van der Waals surface area contributed by atoms with Crippen molar-refractivity contribution in [1.82, 2.24) is 9.88 Å². The number of hydrogen-bond donors (Lipinski definition) is 1. The van der Waals surface area contributed by atoms with E-state index in [1.54, 1.807) is 33.0 Å². The fourth-order valence-corrected chi connectivity index (χ4v) is 1.50. The predicted octanol–water partition coefficient (Wildman–Crippen LogP) is 0.933. The summed E-state index contributed by atoms with van der Waals surface area (Å²) in [6.45, 7) is 3.54. The molecular weight excluding hydrogens is 220 g/mol. The molecule has 0 aliphatic carbocycles. The van der Waals surface area contributed by atoms with Crippen molar-refractivity contribution in [3.8, 4) is 5.75 Å². The van der Waals surface area contributed by atoms with Crippen LogP contribution in [0, 0.1) is 0 Å². The van der Waals surface area contributed by atoms with Crippen molar-refractivity contribution in [1.29, 1.82) is 0 Å². The van der Waals surface area contributed by atoms with Gasteiger partial charge in [-0.25, -0.2) is 0 Å². The molecule has 0 atom stereocenters. The number of methoxy groups -OCH3 is 1. The molecule has 1 aromatic rings. The van der Waals surface area contributed by atoms with Gasteiger partial charge in [0.15, 0.2) is 0 Å². The summed E-state index contributed by atoms with van der Waals surface area (Å²) in [4.78, 5) is 17.4. The van der Waals surface area contributed by atoms with Crippen molar-refractivity contribution in [2.45, 2.75) is 19.4 Å². The molecule has 5 nitrogen and oxygen atoms in total. The summed E-state index contributed by atoms with van der Waals surface area (Å²) >= 11 is 0. The molecular formula is C12H18N2O3. The first-order chi connectivity index (χ1) is 7.83. The lowest BCUT2D eigenvalue weighted by Gasteiger charge is -2.25. The zero-order chi connectivity index (χ0) is 13.1. The third-order valence-corrected chi connectivity index (χ3v) is 2.16. The van der Waals surface area contributed by atoms with Crippen LogP contribution < -0.4 is 4.74 Å². The van der Waals surface area contributed by atoms with Crippen LogP contribution in [0.1, 0.15) is 24.3 Å². The number of pyridine rings is 1. The standard InChI is InChI=1S/C12H18N2O3/c1-12(2,16)8-14(3)11(15)10-7-9(17-4)5-6-13-10/h5-7,16H,8H2,1-4H3. The summed E-state index contributed by atoms with van der Waals surface area (Å²) in [5, 5.41) is 9.65. The molecule has 1 heterocycles. The minimum absolute atomic E-state index is 0.241. The normalized spacial score (nSPS) is 11.1. The van der Waals surface area contributed by atoms with E-state index >= 15 is 0 Å². The number of carbonyl (C=O) groups is 1. The van der Waals surface area contributed by atoms with Crippen LogP contribution >= 0.6 is 0 Å². The number of ether oxygens (including phenoxy) is 1. The highest BCUT2D eigenvalue weighted by Gasteiger charge is 2.21. The highest BCUT2D eigenvalue weighted by atomic mass is 16.5. The Morgan fingerprint density at radius 1 is 1.59 bits per heavy atom. The lowest BCUT2D eigenvalue weighted by atomic mass is 10.1. The maximum Gasteiger partial charge on any atom is 0.272 e. The maximum atomic E-state index is 12.0. The van der Waals surface area contributed by atoms with Crippen LogP contribution in [-0.4, -0.2) is 47.2 Å². The molecule has 0 saturated carbocycles. The van der Waals surface area contributed by atoms with Gasteiger partial charge in [0.05, 0.1) is 12.7 Å². The zero-order valence-corrected chi connectivity index (χ0v) is 10.6. The number of nitrogens with zero attached hydrogens (tertiary/aromatic N) is 2. The Morgan fingerprint density at radius 3 is 2.76 bits per heavy atom. The number of amides is 1. The second-order valence-electron chi connectivity index (χ2n) is 4.55. The lowest BCUT2D eigenvalue weighted by molar-refractivity contribution is 0.0364. The molecule has 94 valence electrons. The van der Waals surface area contributed by atoms with Gasteiger partial charge in [-0.2, -0.15) is 0 Å². The summed E-state index contributed by atoms with van der Waals surface area (Å²) < 4.78 is 5.03. The molecule has 0 spiro atoms. The Morgan fingerprint density at radius 2 is 2.24 bits per heavy atom. The van der Waals surface area contributed by atoms with E-state index in [4.69, 9.17) is 4.74 Å². The van der Waals surface area contributed by atoms with E-state index in [9.17, 15) is 9.90 Å². The van der Waals surface area contributed by atoms with Crippen LogP contribution in [0.3, 0.4) is 0 Å². The quantitative estimate of drug-likeness (QED) is 0.847. The third-order valence-electron chi connectivity index (χ3n) is 2.16. The first-order valence-corrected chi connectivity index (χ1v) is 5.31. The molecule has 0 aliphatic heterocycles. The van der Waals surface area contributed by atoms with E-state index in [2.05, 4.69) is 4.98 Å². The molecule has 1 rings (SSSR count). The van der Waals surface area contributed by atoms with Crippen LogP contribution in [0.15, 0.2) is 18.3 Å². The largest absolute Gasteiger partial charge is 0.497 e. The van der Waals surface area contributed by atoms with E-state index in [0.717, 1.165) is 0 Å². The van der Waals surface area contributed by atoms with Crippen LogP contribution in [0.2, 0.25) is 0 Å². The summed E-state index contributed by atoms with van der Waals surface area (Å²) in [5.74, 6) is 0.339. The third kappa shape index (κ3) is 4.03. The SMILES string of the molecule is COc1ccnc(C(=O)N(C)CC(C)(C)O)c1. The molecule has 0 radical (unpaired) electrons. The van der Waals surface area contributed by atoms with E-state index in [1.165, 1.54) is 18.2 Å². The van der Waals surface area contributed by atoms with Crippen LogP contribution in [0.5, 0.6) is 5.75 Å². The average molecular weight is 238 g/mol. The molecule has 0 bridgehead atoms. The van der Waals surface area contributed by atoms with Gasteiger partial charge in [-0.15, -0.1) is 0 Å². The molecule has 1 amide bonds. The predicted molar refractivity (Wildman–Crippen MR) is 64.0 cm³/mol. The van der Waals surface area contributed by atoms with E-state index in [0.29, 0.717) is 11.4 Å². The number of aliphatic hydroxyl groups is 1. The van der Waals surface area contributed by atoms with E-state index in [1.807, 2.05) is 0 Å². The van der Waals surface area contributed by atoms with Gasteiger partial charge in [0.2, 0.25) is 0 Å². The number of likely N-dealkylation sites (N-methyl/N-ethyl adjacent to an activating group) is 1. The van der Waals surface area contributed by atoms with Crippen molar-refractivity contribution in [2.24, 2.45) is 0 Å². The fraction of sp³-hybridized carbons (Fsp3) is 0.500. The molecule has 1 N–H and O–H groups in total. The second kappa shape index (κ2) is 5.14. The number of aromatic nitrogens is 1. The fourth-order valence-electron chi connectivity index (χ4n) is 1.50. The van der Waals surface area contributed by atoms with Gasteiger partial charge in [0.25, 0.3) is 5.91 Å². The number of hydrogen-bond acceptors (Lipinski definition) is 4. The monoisotopic (exact) mass is 238 g/mol. The van der Waals surface area contributed by atoms with Gasteiger partial charge in [0.1, 0.15) is 11.4 Å². The lowest BCUT2D eigenvalue weighted by Crippen LogP contribution is -2.39. The Kier molecular flexibility index (Phi) is 4.07. The van der Waals surface area contributed by atoms with Crippen LogP contribution in [0.25, 0.3) is 0 Å². The van der Waals surface area contributed by atoms with Crippen molar-refractivity contribution in [3.63, 3.8) is 0 Å². The number of rotatable bonds is 4. The van der Waals surface area contributed by atoms with Crippen molar-refractivity contribution >= 4 is 5.91 Å². The molecule has 0 unspecified atom stereocenters. The van der Waals surface area contributed by atoms with Crippen molar-refractivity contribution in [2.75, 3.05) is 20.7 Å². The van der Waals surface area contributed by atoms with Crippen molar-refractivity contribution < 1.29 is 14.6 Å². The van der Waals surface area contributed by atoms with Gasteiger partial charge >= 0.3 is 0 Å². The average Bonchev–Trinajstić information content (AvgIpc) is 2.26. The van der Waals surface area contributed by atoms with Gasteiger partial charge in [-0.3, -0.25) is 9.78 Å². The van der Waals surface area contributed by atoms with Crippen LogP contribution in [0.4, 0.5) is 0 Å². The second-order valence-corrected chi connectivity index (χ2v) is 4.55. The summed E-state index contributed by atoms with van der Waals surface area (Å²) in [6.07, 6.45) is 1.52. The maximum absolute atomic E-state index is 12.0. The highest BCUT2D eigenvalue weighted by molar-refractivity contribution is 5.92. The zero-order valence-electron chi connectivity index (χ0n) is 10.6. The Hall–Kier alpha value is -1.62. The molecule has 0 fully saturated rings. The van der Waals surface area contributed by atoms with E-state index < -0.39 is 5.60 Å². The van der Waals surface area contributed by atoms with Gasteiger partial charge in [0, 0.05) is 25.9 Å². The smallest absolute Gasteiger partial charge is 0.272 e. The minimum Gasteiger partial charge on any atom is -0.497 e. The first kappa shape index (κ1) is 13.4. The number of carbonyl (C=O) groups excluding carboxylic acids is 1. The van der Waals surface area contributed by atoms with Crippen molar-refractivity contribution in [3.05, 3.63) is 24.0 Å². The Bertz CT molecular complexity index is 399. The molecule has 5 heteroatoms. The molecule has 1 aromatic heterocycles. The minimum atomic E-state index is -0.927. The Labute approximate surface area is 101 Å². The molecule has 17 heavy (non-hydrogen) atoms. The van der Waals surface area contributed by atoms with Gasteiger partial charge < -0.3 is 14.7 Å². The van der Waals surface area contributed by atoms with E-state index in [-0.39, 0.29) is 12.5 Å². The molecule has 0 saturated heterocycles. The Balaban J connectivity index is 2.81. The molecule has 0 aliphatic rings. The van der Waals surface area contributed by atoms with Crippen LogP contribution in [-0.2, 0) is 0 Å². The molecule has 0 aromatic carbocycles. The highest BCUT2D eigenvalue weighted by Crippen LogP contribution is 2.12. The summed E-state index contributed by atoms with van der Waals surface area (Å²) in [5.41, 5.74) is -0.625. The van der Waals surface area contributed by atoms with Gasteiger partial charge in [-0.1, -0.05) is 0 Å². The summed E-state index contributed by atoms with van der Waals surface area (Å²) in [7, 11) is 3.16. The topological polar surface area (TPSA) is 62.7 Å². The first-order valence-electron chi connectivity index (χ1n) is 5.31.